The van der Waals surface area contributed by atoms with Crippen LogP contribution >= 0.6 is 22.9 Å². The molecule has 10 heteroatoms. The fourth-order valence-electron chi connectivity index (χ4n) is 3.00. The number of thiophene rings is 1. The second-order valence-electron chi connectivity index (χ2n) is 6.73. The molecule has 0 radical (unpaired) electrons. The number of anilines is 1. The van der Waals surface area contributed by atoms with E-state index >= 15 is 0 Å². The predicted molar refractivity (Wildman–Crippen MR) is 121 cm³/mol. The Morgan fingerprint density at radius 2 is 1.72 bits per heavy atom. The van der Waals surface area contributed by atoms with E-state index in [1.165, 1.54) is 6.07 Å². The monoisotopic (exact) mass is 477 g/mol. The number of benzene rings is 1. The second kappa shape index (κ2) is 9.54. The van der Waals surface area contributed by atoms with Gasteiger partial charge < -0.3 is 19.2 Å². The molecule has 32 heavy (non-hydrogen) atoms. The van der Waals surface area contributed by atoms with E-state index in [2.05, 4.69) is 5.32 Å². The first-order valence-electron chi connectivity index (χ1n) is 9.70. The number of carbonyl (C=O) groups excluding carboxylic acids is 3. The Bertz CT molecular complexity index is 1290. The van der Waals surface area contributed by atoms with Crippen LogP contribution in [0.15, 0.2) is 27.4 Å². The van der Waals surface area contributed by atoms with Crippen molar-refractivity contribution < 1.29 is 28.3 Å². The zero-order valence-corrected chi connectivity index (χ0v) is 19.4. The van der Waals surface area contributed by atoms with Crippen molar-refractivity contribution >= 4 is 56.8 Å². The molecule has 0 saturated heterocycles. The van der Waals surface area contributed by atoms with Gasteiger partial charge in [-0.25, -0.2) is 9.59 Å². The van der Waals surface area contributed by atoms with Crippen molar-refractivity contribution in [2.24, 2.45) is 0 Å². The standard InChI is InChI=1S/C22H20ClNO7S/c1-5-29-21(27)17-11(4)18(22(28)30-6-2)32-20(17)24-19(26)16-9-14(25)12-8-13(23)10(3)7-15(12)31-16/h7-9H,5-6H2,1-4H3,(H,24,26). The summed E-state index contributed by atoms with van der Waals surface area (Å²) < 4.78 is 15.7. The van der Waals surface area contributed by atoms with Crippen LogP contribution in [-0.2, 0) is 9.47 Å². The lowest BCUT2D eigenvalue weighted by Gasteiger charge is -2.08. The van der Waals surface area contributed by atoms with E-state index in [1.54, 1.807) is 33.8 Å². The van der Waals surface area contributed by atoms with E-state index in [0.29, 0.717) is 16.1 Å². The summed E-state index contributed by atoms with van der Waals surface area (Å²) in [6.45, 7) is 6.86. The SMILES string of the molecule is CCOC(=O)c1sc(NC(=O)c2cc(=O)c3cc(Cl)c(C)cc3o2)c(C(=O)OCC)c1C. The molecule has 8 nitrogen and oxygen atoms in total. The number of carbonyl (C=O) groups is 3. The van der Waals surface area contributed by atoms with E-state index in [-0.39, 0.29) is 45.4 Å². The summed E-state index contributed by atoms with van der Waals surface area (Å²) >= 11 is 6.95. The Morgan fingerprint density at radius 1 is 1.06 bits per heavy atom. The van der Waals surface area contributed by atoms with Gasteiger partial charge in [-0.15, -0.1) is 11.3 Å². The molecular weight excluding hydrogens is 458 g/mol. The Hall–Kier alpha value is -3.17. The molecule has 0 aliphatic rings. The number of hydrogen-bond donors (Lipinski definition) is 1. The first-order valence-corrected chi connectivity index (χ1v) is 10.9. The molecule has 0 fully saturated rings. The topological polar surface area (TPSA) is 112 Å². The molecule has 3 rings (SSSR count). The summed E-state index contributed by atoms with van der Waals surface area (Å²) in [5, 5.41) is 3.28. The summed E-state index contributed by atoms with van der Waals surface area (Å²) in [6.07, 6.45) is 0. The molecule has 0 atom stereocenters. The Labute approximate surface area is 192 Å². The van der Waals surface area contributed by atoms with E-state index in [1.807, 2.05) is 0 Å². The largest absolute Gasteiger partial charge is 0.462 e. The highest BCUT2D eigenvalue weighted by atomic mass is 35.5. The minimum atomic E-state index is -0.765. The Morgan fingerprint density at radius 3 is 2.38 bits per heavy atom. The van der Waals surface area contributed by atoms with Crippen molar-refractivity contribution in [1.29, 1.82) is 0 Å². The predicted octanol–water partition coefficient (Wildman–Crippen LogP) is 4.73. The lowest BCUT2D eigenvalue weighted by Crippen LogP contribution is -2.17. The van der Waals surface area contributed by atoms with Crippen molar-refractivity contribution in [3.8, 4) is 0 Å². The van der Waals surface area contributed by atoms with Gasteiger partial charge in [0.1, 0.15) is 15.5 Å². The third-order valence-corrected chi connectivity index (χ3v) is 6.14. The van der Waals surface area contributed by atoms with E-state index in [9.17, 15) is 19.2 Å². The maximum absolute atomic E-state index is 12.9. The highest BCUT2D eigenvalue weighted by Gasteiger charge is 2.28. The van der Waals surface area contributed by atoms with Gasteiger partial charge in [-0.2, -0.15) is 0 Å². The van der Waals surface area contributed by atoms with Crippen LogP contribution in [0.4, 0.5) is 5.00 Å². The van der Waals surface area contributed by atoms with Crippen molar-refractivity contribution in [3.05, 3.63) is 60.8 Å². The van der Waals surface area contributed by atoms with Gasteiger partial charge in [0.15, 0.2) is 11.2 Å². The highest BCUT2D eigenvalue weighted by molar-refractivity contribution is 7.18. The van der Waals surface area contributed by atoms with Crippen LogP contribution in [0.25, 0.3) is 11.0 Å². The molecule has 1 aromatic carbocycles. The lowest BCUT2D eigenvalue weighted by atomic mass is 10.1. The molecule has 0 bridgehead atoms. The lowest BCUT2D eigenvalue weighted by molar-refractivity contribution is 0.0527. The zero-order valence-electron chi connectivity index (χ0n) is 17.8. The average molecular weight is 478 g/mol. The zero-order chi connectivity index (χ0) is 23.6. The first-order chi connectivity index (χ1) is 15.2. The molecule has 0 aliphatic heterocycles. The van der Waals surface area contributed by atoms with Crippen LogP contribution in [-0.4, -0.2) is 31.1 Å². The summed E-state index contributed by atoms with van der Waals surface area (Å²) in [5.41, 5.74) is 0.798. The fraction of sp³-hybridized carbons (Fsp3) is 0.273. The molecule has 2 heterocycles. The molecule has 0 spiro atoms. The van der Waals surface area contributed by atoms with Crippen LogP contribution in [0.5, 0.6) is 0 Å². The summed E-state index contributed by atoms with van der Waals surface area (Å²) in [5.74, 6) is -2.34. The van der Waals surface area contributed by atoms with Gasteiger partial charge in [-0.1, -0.05) is 11.6 Å². The van der Waals surface area contributed by atoms with Gasteiger partial charge >= 0.3 is 11.9 Å². The highest BCUT2D eigenvalue weighted by Crippen LogP contribution is 2.35. The number of halogens is 1. The minimum Gasteiger partial charge on any atom is -0.462 e. The molecule has 3 aromatic rings. The number of rotatable bonds is 6. The molecule has 2 aromatic heterocycles. The summed E-state index contributed by atoms with van der Waals surface area (Å²) in [4.78, 5) is 50.3. The van der Waals surface area contributed by atoms with Crippen molar-refractivity contribution in [3.63, 3.8) is 0 Å². The molecule has 168 valence electrons. The normalized spacial score (nSPS) is 10.8. The van der Waals surface area contributed by atoms with E-state index in [0.717, 1.165) is 17.4 Å². The quantitative estimate of drug-likeness (QED) is 0.510. The van der Waals surface area contributed by atoms with Crippen molar-refractivity contribution in [2.45, 2.75) is 27.7 Å². The number of nitrogens with one attached hydrogen (secondary N) is 1. The van der Waals surface area contributed by atoms with Gasteiger partial charge in [-0.3, -0.25) is 9.59 Å². The van der Waals surface area contributed by atoms with Gasteiger partial charge in [-0.05, 0) is 51.0 Å². The molecule has 1 N–H and O–H groups in total. The van der Waals surface area contributed by atoms with Crippen molar-refractivity contribution in [2.75, 3.05) is 18.5 Å². The molecular formula is C22H20ClNO7S. The maximum Gasteiger partial charge on any atom is 0.348 e. The Kier molecular flexibility index (Phi) is 7.00. The smallest absolute Gasteiger partial charge is 0.348 e. The number of hydrogen-bond acceptors (Lipinski definition) is 8. The average Bonchev–Trinajstić information content (AvgIpc) is 3.05. The van der Waals surface area contributed by atoms with Crippen molar-refractivity contribution in [1.82, 2.24) is 0 Å². The Balaban J connectivity index is 2.04. The van der Waals surface area contributed by atoms with E-state index in [4.69, 9.17) is 25.5 Å². The second-order valence-corrected chi connectivity index (χ2v) is 8.16. The fourth-order valence-corrected chi connectivity index (χ4v) is 4.24. The number of esters is 2. The number of amides is 1. The third kappa shape index (κ3) is 4.53. The van der Waals surface area contributed by atoms with Gasteiger partial charge in [0, 0.05) is 11.1 Å². The molecule has 0 unspecified atom stereocenters. The van der Waals surface area contributed by atoms with Gasteiger partial charge in [0.2, 0.25) is 0 Å². The van der Waals surface area contributed by atoms with Crippen LogP contribution in [0.2, 0.25) is 5.02 Å². The van der Waals surface area contributed by atoms with Crippen LogP contribution in [0, 0.1) is 13.8 Å². The first kappa shape index (κ1) is 23.5. The summed E-state index contributed by atoms with van der Waals surface area (Å²) in [6, 6.07) is 4.08. The third-order valence-electron chi connectivity index (χ3n) is 4.55. The summed E-state index contributed by atoms with van der Waals surface area (Å²) in [7, 11) is 0. The number of aryl methyl sites for hydroxylation is 1. The van der Waals surface area contributed by atoms with Gasteiger partial charge in [0.25, 0.3) is 5.91 Å². The minimum absolute atomic E-state index is 0.0408. The molecule has 1 amide bonds. The van der Waals surface area contributed by atoms with Crippen LogP contribution in [0.1, 0.15) is 55.6 Å². The van der Waals surface area contributed by atoms with Crippen LogP contribution < -0.4 is 10.7 Å². The molecule has 0 aliphatic carbocycles. The number of fused-ring (bicyclic) bond motifs is 1. The number of ether oxygens (including phenoxy) is 2. The van der Waals surface area contributed by atoms with Crippen LogP contribution in [0.3, 0.4) is 0 Å². The molecule has 0 saturated carbocycles. The van der Waals surface area contributed by atoms with E-state index < -0.39 is 23.3 Å². The van der Waals surface area contributed by atoms with Gasteiger partial charge in [0.05, 0.1) is 24.2 Å². The maximum atomic E-state index is 12.9.